The summed E-state index contributed by atoms with van der Waals surface area (Å²) in [6.07, 6.45) is 2.52. The van der Waals surface area contributed by atoms with Crippen molar-refractivity contribution in [2.24, 2.45) is 0 Å². The largest absolute Gasteiger partial charge is 0.467 e. The first-order valence-electron chi connectivity index (χ1n) is 6.03. The second-order valence-electron chi connectivity index (χ2n) is 4.60. The molecule has 6 heteroatoms. The number of morpholine rings is 1. The second-order valence-corrected chi connectivity index (χ2v) is 5.01. The third-order valence-electron chi connectivity index (χ3n) is 3.27. The fourth-order valence-corrected chi connectivity index (χ4v) is 2.20. The Morgan fingerprint density at radius 2 is 2.39 bits per heavy atom. The average molecular weight is 272 g/mol. The van der Waals surface area contributed by atoms with Crippen LogP contribution in [-0.4, -0.2) is 42.4 Å². The number of aromatic nitrogens is 2. The molecule has 5 nitrogen and oxygen atoms in total. The lowest BCUT2D eigenvalue weighted by atomic mass is 10.0. The van der Waals surface area contributed by atoms with Gasteiger partial charge < -0.3 is 14.4 Å². The minimum atomic E-state index is -0.153. The minimum Gasteiger partial charge on any atom is -0.467 e. The number of ether oxygens (including phenoxy) is 2. The standard InChI is InChI=1S/C12H18ClN3O2/c1-4-12(2)8-16(5-6-18-12)10-9(13)7-14-11(15-10)17-3/h7H,4-6,8H2,1-3H3. The maximum absolute atomic E-state index is 6.16. The number of hydrogen-bond acceptors (Lipinski definition) is 5. The molecule has 0 aromatic carbocycles. The summed E-state index contributed by atoms with van der Waals surface area (Å²) in [6.45, 7) is 6.43. The van der Waals surface area contributed by atoms with E-state index in [9.17, 15) is 0 Å². The van der Waals surface area contributed by atoms with Gasteiger partial charge in [-0.2, -0.15) is 4.98 Å². The molecule has 0 radical (unpaired) electrons. The lowest BCUT2D eigenvalue weighted by molar-refractivity contribution is -0.0443. The minimum absolute atomic E-state index is 0.153. The van der Waals surface area contributed by atoms with Gasteiger partial charge in [-0.25, -0.2) is 4.98 Å². The molecule has 18 heavy (non-hydrogen) atoms. The molecule has 100 valence electrons. The first-order chi connectivity index (χ1) is 8.58. The number of rotatable bonds is 3. The molecular weight excluding hydrogens is 254 g/mol. The van der Waals surface area contributed by atoms with E-state index in [0.29, 0.717) is 23.5 Å². The van der Waals surface area contributed by atoms with Gasteiger partial charge in [0.15, 0.2) is 5.82 Å². The third-order valence-corrected chi connectivity index (χ3v) is 3.54. The number of halogens is 1. The van der Waals surface area contributed by atoms with Gasteiger partial charge in [0.1, 0.15) is 5.02 Å². The number of methoxy groups -OCH3 is 1. The highest BCUT2D eigenvalue weighted by atomic mass is 35.5. The molecule has 2 heterocycles. The van der Waals surface area contributed by atoms with Crippen LogP contribution in [0.25, 0.3) is 0 Å². The molecule has 1 aliphatic rings. The monoisotopic (exact) mass is 271 g/mol. The van der Waals surface area contributed by atoms with Crippen molar-refractivity contribution in [2.75, 3.05) is 31.7 Å². The van der Waals surface area contributed by atoms with Crippen LogP contribution < -0.4 is 9.64 Å². The summed E-state index contributed by atoms with van der Waals surface area (Å²) in [7, 11) is 1.54. The first kappa shape index (κ1) is 13.4. The van der Waals surface area contributed by atoms with Crippen molar-refractivity contribution in [3.8, 4) is 6.01 Å². The maximum atomic E-state index is 6.16. The lowest BCUT2D eigenvalue weighted by Gasteiger charge is -2.40. The average Bonchev–Trinajstić information content (AvgIpc) is 2.39. The highest BCUT2D eigenvalue weighted by molar-refractivity contribution is 6.32. The van der Waals surface area contributed by atoms with Crippen molar-refractivity contribution in [1.29, 1.82) is 0 Å². The fraction of sp³-hybridized carbons (Fsp3) is 0.667. The Balaban J connectivity index is 2.25. The van der Waals surface area contributed by atoms with E-state index in [1.807, 2.05) is 0 Å². The molecule has 1 aliphatic heterocycles. The normalized spacial score (nSPS) is 24.1. The summed E-state index contributed by atoms with van der Waals surface area (Å²) < 4.78 is 10.8. The van der Waals surface area contributed by atoms with Gasteiger partial charge >= 0.3 is 6.01 Å². The van der Waals surface area contributed by atoms with Gasteiger partial charge in [0.25, 0.3) is 0 Å². The topological polar surface area (TPSA) is 47.5 Å². The Morgan fingerprint density at radius 1 is 1.61 bits per heavy atom. The zero-order valence-corrected chi connectivity index (χ0v) is 11.7. The predicted molar refractivity (Wildman–Crippen MR) is 70.5 cm³/mol. The Morgan fingerprint density at radius 3 is 3.06 bits per heavy atom. The maximum Gasteiger partial charge on any atom is 0.318 e. The molecule has 1 aromatic rings. The van der Waals surface area contributed by atoms with Crippen LogP contribution in [0.2, 0.25) is 5.02 Å². The number of nitrogens with zero attached hydrogens (tertiary/aromatic N) is 3. The molecule has 0 spiro atoms. The van der Waals surface area contributed by atoms with Crippen LogP contribution in [0, 0.1) is 0 Å². The van der Waals surface area contributed by atoms with Gasteiger partial charge in [0, 0.05) is 13.1 Å². The van der Waals surface area contributed by atoms with Gasteiger partial charge in [0.05, 0.1) is 25.5 Å². The van der Waals surface area contributed by atoms with E-state index in [1.165, 1.54) is 0 Å². The highest BCUT2D eigenvalue weighted by Crippen LogP contribution is 2.29. The molecule has 1 fully saturated rings. The Hall–Kier alpha value is -1.07. The van der Waals surface area contributed by atoms with Gasteiger partial charge in [-0.05, 0) is 13.3 Å². The Kier molecular flexibility index (Phi) is 3.92. The summed E-state index contributed by atoms with van der Waals surface area (Å²) in [6, 6.07) is 0.332. The van der Waals surface area contributed by atoms with Crippen molar-refractivity contribution in [2.45, 2.75) is 25.9 Å². The number of hydrogen-bond donors (Lipinski definition) is 0. The summed E-state index contributed by atoms with van der Waals surface area (Å²) >= 11 is 6.16. The molecule has 2 rings (SSSR count). The second kappa shape index (κ2) is 5.28. The van der Waals surface area contributed by atoms with Crippen LogP contribution in [0.4, 0.5) is 5.82 Å². The third kappa shape index (κ3) is 2.67. The lowest BCUT2D eigenvalue weighted by Crippen LogP contribution is -2.50. The summed E-state index contributed by atoms with van der Waals surface area (Å²) in [5.74, 6) is 0.714. The Labute approximate surface area is 112 Å². The van der Waals surface area contributed by atoms with Gasteiger partial charge in [-0.3, -0.25) is 0 Å². The van der Waals surface area contributed by atoms with Gasteiger partial charge in [0.2, 0.25) is 0 Å². The van der Waals surface area contributed by atoms with Crippen LogP contribution in [0.1, 0.15) is 20.3 Å². The molecule has 0 aliphatic carbocycles. The predicted octanol–water partition coefficient (Wildman–Crippen LogP) is 2.14. The van der Waals surface area contributed by atoms with E-state index in [2.05, 4.69) is 28.7 Å². The van der Waals surface area contributed by atoms with Crippen LogP contribution in [0.5, 0.6) is 6.01 Å². The van der Waals surface area contributed by atoms with E-state index in [-0.39, 0.29) is 5.60 Å². The van der Waals surface area contributed by atoms with Crippen molar-refractivity contribution in [1.82, 2.24) is 9.97 Å². The van der Waals surface area contributed by atoms with Crippen molar-refractivity contribution in [3.63, 3.8) is 0 Å². The molecule has 0 amide bonds. The molecule has 1 unspecified atom stereocenters. The van der Waals surface area contributed by atoms with Crippen LogP contribution in [-0.2, 0) is 4.74 Å². The highest BCUT2D eigenvalue weighted by Gasteiger charge is 2.31. The molecular formula is C12H18ClN3O2. The van der Waals surface area contributed by atoms with Crippen molar-refractivity contribution < 1.29 is 9.47 Å². The fourth-order valence-electron chi connectivity index (χ4n) is 1.99. The molecule has 1 saturated heterocycles. The smallest absolute Gasteiger partial charge is 0.318 e. The molecule has 0 bridgehead atoms. The quantitative estimate of drug-likeness (QED) is 0.843. The zero-order valence-electron chi connectivity index (χ0n) is 10.9. The van der Waals surface area contributed by atoms with E-state index in [1.54, 1.807) is 13.3 Å². The van der Waals surface area contributed by atoms with Gasteiger partial charge in [-0.15, -0.1) is 0 Å². The van der Waals surface area contributed by atoms with Crippen molar-refractivity contribution in [3.05, 3.63) is 11.2 Å². The molecule has 0 N–H and O–H groups in total. The van der Waals surface area contributed by atoms with Gasteiger partial charge in [-0.1, -0.05) is 18.5 Å². The summed E-state index contributed by atoms with van der Waals surface area (Å²) in [5, 5.41) is 0.538. The zero-order chi connectivity index (χ0) is 13.2. The van der Waals surface area contributed by atoms with Crippen LogP contribution in [0.15, 0.2) is 6.20 Å². The van der Waals surface area contributed by atoms with Crippen LogP contribution >= 0.6 is 11.6 Å². The molecule has 1 atom stereocenters. The molecule has 0 saturated carbocycles. The van der Waals surface area contributed by atoms with E-state index < -0.39 is 0 Å². The molecule has 1 aromatic heterocycles. The SMILES string of the molecule is CCC1(C)CN(c2nc(OC)ncc2Cl)CCO1. The van der Waals surface area contributed by atoms with Crippen molar-refractivity contribution >= 4 is 17.4 Å². The Bertz CT molecular complexity index is 430. The van der Waals surface area contributed by atoms with Crippen LogP contribution in [0.3, 0.4) is 0 Å². The van der Waals surface area contributed by atoms with E-state index in [0.717, 1.165) is 19.5 Å². The summed E-state index contributed by atoms with van der Waals surface area (Å²) in [4.78, 5) is 10.4. The van der Waals surface area contributed by atoms with E-state index >= 15 is 0 Å². The number of anilines is 1. The first-order valence-corrected chi connectivity index (χ1v) is 6.41. The summed E-state index contributed by atoms with van der Waals surface area (Å²) in [5.41, 5.74) is -0.153. The van der Waals surface area contributed by atoms with E-state index in [4.69, 9.17) is 21.1 Å².